The third-order valence-electron chi connectivity index (χ3n) is 2.95. The predicted octanol–water partition coefficient (Wildman–Crippen LogP) is 2.41. The van der Waals surface area contributed by atoms with E-state index < -0.39 is 0 Å². The highest BCUT2D eigenvalue weighted by molar-refractivity contribution is 7.13. The molecule has 0 saturated heterocycles. The van der Waals surface area contributed by atoms with Crippen molar-refractivity contribution in [1.82, 2.24) is 9.88 Å². The van der Waals surface area contributed by atoms with Gasteiger partial charge in [-0.2, -0.15) is 0 Å². The molecule has 1 heterocycles. The van der Waals surface area contributed by atoms with E-state index in [4.69, 9.17) is 10.5 Å². The van der Waals surface area contributed by atoms with Crippen LogP contribution in [0.25, 0.3) is 0 Å². The van der Waals surface area contributed by atoms with Crippen LogP contribution in [0.2, 0.25) is 0 Å². The van der Waals surface area contributed by atoms with Gasteiger partial charge in [-0.25, -0.2) is 4.98 Å². The molecule has 2 rings (SSSR count). The number of benzene rings is 1. The second-order valence-electron chi connectivity index (χ2n) is 4.48. The Morgan fingerprint density at radius 3 is 2.84 bits per heavy atom. The highest BCUT2D eigenvalue weighted by Gasteiger charge is 2.06. The summed E-state index contributed by atoms with van der Waals surface area (Å²) >= 11 is 1.49. The molecule has 2 N–H and O–H groups in total. The van der Waals surface area contributed by atoms with Gasteiger partial charge in [-0.1, -0.05) is 18.2 Å². The number of aromatic nitrogens is 1. The van der Waals surface area contributed by atoms with Crippen LogP contribution >= 0.6 is 11.3 Å². The molecular weight excluding hydrogens is 258 g/mol. The molecule has 0 saturated carbocycles. The van der Waals surface area contributed by atoms with Crippen LogP contribution in [-0.2, 0) is 13.0 Å². The van der Waals surface area contributed by atoms with Gasteiger partial charge in [0.15, 0.2) is 5.13 Å². The average molecular weight is 277 g/mol. The summed E-state index contributed by atoms with van der Waals surface area (Å²) in [7, 11) is 3.80. The van der Waals surface area contributed by atoms with Gasteiger partial charge in [0.25, 0.3) is 0 Å². The molecule has 102 valence electrons. The number of nitrogens with two attached hydrogens (primary N) is 1. The first-order valence-electron chi connectivity index (χ1n) is 6.19. The molecule has 5 heteroatoms. The van der Waals surface area contributed by atoms with Crippen LogP contribution < -0.4 is 10.5 Å². The lowest BCUT2D eigenvalue weighted by Gasteiger charge is -2.17. The molecule has 19 heavy (non-hydrogen) atoms. The molecule has 0 aliphatic carbocycles. The molecule has 0 bridgehead atoms. The molecule has 0 radical (unpaired) electrons. The Bertz CT molecular complexity index is 527. The smallest absolute Gasteiger partial charge is 0.180 e. The molecule has 0 fully saturated rings. The van der Waals surface area contributed by atoms with E-state index in [0.717, 1.165) is 31.0 Å². The Balaban J connectivity index is 1.88. The third kappa shape index (κ3) is 3.94. The first-order valence-corrected chi connectivity index (χ1v) is 7.07. The number of para-hydroxylation sites is 1. The maximum Gasteiger partial charge on any atom is 0.180 e. The van der Waals surface area contributed by atoms with Crippen LogP contribution in [0.5, 0.6) is 5.75 Å². The van der Waals surface area contributed by atoms with Gasteiger partial charge in [0, 0.05) is 30.5 Å². The summed E-state index contributed by atoms with van der Waals surface area (Å²) in [4.78, 5) is 6.53. The van der Waals surface area contributed by atoms with Crippen LogP contribution in [0, 0.1) is 0 Å². The number of methoxy groups -OCH3 is 1. The predicted molar refractivity (Wildman–Crippen MR) is 79.6 cm³/mol. The van der Waals surface area contributed by atoms with Crippen molar-refractivity contribution in [2.24, 2.45) is 0 Å². The number of nitrogen functional groups attached to an aromatic ring is 1. The van der Waals surface area contributed by atoms with E-state index in [1.165, 1.54) is 16.9 Å². The lowest BCUT2D eigenvalue weighted by Crippen LogP contribution is -2.21. The van der Waals surface area contributed by atoms with Gasteiger partial charge in [-0.3, -0.25) is 0 Å². The maximum absolute atomic E-state index is 5.62. The molecule has 0 amide bonds. The fourth-order valence-corrected chi connectivity index (χ4v) is 2.54. The van der Waals surface area contributed by atoms with Crippen LogP contribution in [0.3, 0.4) is 0 Å². The Labute approximate surface area is 117 Å². The standard InChI is InChI=1S/C14H19N3OS/c1-17(8-7-12-10-19-14(15)16-12)9-11-5-3-4-6-13(11)18-2/h3-6,10H,7-9H2,1-2H3,(H2,15,16). The average Bonchev–Trinajstić information content (AvgIpc) is 2.83. The molecule has 0 aliphatic heterocycles. The minimum atomic E-state index is 0.641. The minimum Gasteiger partial charge on any atom is -0.496 e. The van der Waals surface area contributed by atoms with E-state index in [0.29, 0.717) is 5.13 Å². The normalized spacial score (nSPS) is 10.9. The summed E-state index contributed by atoms with van der Waals surface area (Å²) in [6, 6.07) is 8.10. The highest BCUT2D eigenvalue weighted by Crippen LogP contribution is 2.19. The van der Waals surface area contributed by atoms with E-state index in [1.807, 2.05) is 23.6 Å². The van der Waals surface area contributed by atoms with Gasteiger partial charge < -0.3 is 15.4 Å². The molecule has 0 unspecified atom stereocenters. The fourth-order valence-electron chi connectivity index (χ4n) is 1.95. The Morgan fingerprint density at radius 2 is 2.16 bits per heavy atom. The largest absolute Gasteiger partial charge is 0.496 e. The van der Waals surface area contributed by atoms with Crippen LogP contribution in [0.4, 0.5) is 5.13 Å². The summed E-state index contributed by atoms with van der Waals surface area (Å²) in [6.07, 6.45) is 0.916. The van der Waals surface area contributed by atoms with Crippen molar-refractivity contribution < 1.29 is 4.74 Å². The highest BCUT2D eigenvalue weighted by atomic mass is 32.1. The Hall–Kier alpha value is -1.59. The molecule has 1 aromatic heterocycles. The van der Waals surface area contributed by atoms with E-state index in [9.17, 15) is 0 Å². The number of thiazole rings is 1. The Morgan fingerprint density at radius 1 is 1.37 bits per heavy atom. The zero-order valence-corrected chi connectivity index (χ0v) is 12.1. The maximum atomic E-state index is 5.62. The van der Waals surface area contributed by atoms with Crippen LogP contribution in [0.15, 0.2) is 29.6 Å². The molecule has 0 aliphatic rings. The van der Waals surface area contributed by atoms with Crippen molar-refractivity contribution in [1.29, 1.82) is 0 Å². The number of nitrogens with zero attached hydrogens (tertiary/aromatic N) is 2. The quantitative estimate of drug-likeness (QED) is 0.881. The molecule has 4 nitrogen and oxygen atoms in total. The number of ether oxygens (including phenoxy) is 1. The Kier molecular flexibility index (Phi) is 4.76. The second-order valence-corrected chi connectivity index (χ2v) is 5.37. The summed E-state index contributed by atoms with van der Waals surface area (Å²) < 4.78 is 5.36. The molecular formula is C14H19N3OS. The van der Waals surface area contributed by atoms with E-state index in [2.05, 4.69) is 23.0 Å². The summed E-state index contributed by atoms with van der Waals surface area (Å²) in [6.45, 7) is 1.81. The SMILES string of the molecule is COc1ccccc1CN(C)CCc1csc(N)n1. The van der Waals surface area contributed by atoms with Gasteiger partial charge in [0.05, 0.1) is 12.8 Å². The molecule has 2 aromatic rings. The van der Waals surface area contributed by atoms with Crippen molar-refractivity contribution in [3.8, 4) is 5.75 Å². The van der Waals surface area contributed by atoms with Gasteiger partial charge in [0.1, 0.15) is 5.75 Å². The number of rotatable bonds is 6. The number of likely N-dealkylation sites (N-methyl/N-ethyl adjacent to an activating group) is 1. The monoisotopic (exact) mass is 277 g/mol. The minimum absolute atomic E-state index is 0.641. The van der Waals surface area contributed by atoms with Gasteiger partial charge >= 0.3 is 0 Å². The first kappa shape index (κ1) is 13.8. The van der Waals surface area contributed by atoms with E-state index in [-0.39, 0.29) is 0 Å². The lowest BCUT2D eigenvalue weighted by atomic mass is 10.2. The van der Waals surface area contributed by atoms with Gasteiger partial charge in [-0.15, -0.1) is 11.3 Å². The van der Waals surface area contributed by atoms with Gasteiger partial charge in [0.2, 0.25) is 0 Å². The van der Waals surface area contributed by atoms with E-state index >= 15 is 0 Å². The van der Waals surface area contributed by atoms with Crippen molar-refractivity contribution in [2.75, 3.05) is 26.4 Å². The fraction of sp³-hybridized carbons (Fsp3) is 0.357. The number of hydrogen-bond acceptors (Lipinski definition) is 5. The van der Waals surface area contributed by atoms with Crippen molar-refractivity contribution in [2.45, 2.75) is 13.0 Å². The van der Waals surface area contributed by atoms with Gasteiger partial charge in [-0.05, 0) is 13.1 Å². The van der Waals surface area contributed by atoms with Crippen molar-refractivity contribution >= 4 is 16.5 Å². The van der Waals surface area contributed by atoms with Crippen LogP contribution in [0.1, 0.15) is 11.3 Å². The number of hydrogen-bond donors (Lipinski definition) is 1. The zero-order valence-electron chi connectivity index (χ0n) is 11.3. The lowest BCUT2D eigenvalue weighted by molar-refractivity contribution is 0.320. The second kappa shape index (κ2) is 6.54. The first-order chi connectivity index (χ1) is 9.19. The van der Waals surface area contributed by atoms with Crippen molar-refractivity contribution in [3.63, 3.8) is 0 Å². The number of anilines is 1. The van der Waals surface area contributed by atoms with Crippen LogP contribution in [-0.4, -0.2) is 30.6 Å². The zero-order chi connectivity index (χ0) is 13.7. The molecule has 0 atom stereocenters. The summed E-state index contributed by atoms with van der Waals surface area (Å²) in [5, 5.41) is 2.66. The summed E-state index contributed by atoms with van der Waals surface area (Å²) in [5.41, 5.74) is 7.89. The molecule has 1 aromatic carbocycles. The van der Waals surface area contributed by atoms with Crippen molar-refractivity contribution in [3.05, 3.63) is 40.9 Å². The molecule has 0 spiro atoms. The summed E-state index contributed by atoms with van der Waals surface area (Å²) in [5.74, 6) is 0.937. The van der Waals surface area contributed by atoms with E-state index in [1.54, 1.807) is 7.11 Å². The topological polar surface area (TPSA) is 51.4 Å². The third-order valence-corrected chi connectivity index (χ3v) is 3.67.